The molecule has 19 heavy (non-hydrogen) atoms. The van der Waals surface area contributed by atoms with Crippen molar-refractivity contribution in [2.45, 2.75) is 19.8 Å². The molecule has 6 nitrogen and oxygen atoms in total. The second kappa shape index (κ2) is 6.29. The monoisotopic (exact) mass is 262 g/mol. The average Bonchev–Trinajstić information content (AvgIpc) is 2.86. The number of aromatic nitrogens is 3. The van der Waals surface area contributed by atoms with E-state index in [0.717, 1.165) is 12.8 Å². The largest absolute Gasteiger partial charge is 0.395 e. The predicted octanol–water partition coefficient (Wildman–Crippen LogP) is 0.964. The van der Waals surface area contributed by atoms with E-state index in [2.05, 4.69) is 17.0 Å². The number of nitrogens with zero attached hydrogens (tertiary/aromatic N) is 4. The number of carbonyl (C=O) groups is 1. The topological polar surface area (TPSA) is 70.7 Å². The summed E-state index contributed by atoms with van der Waals surface area (Å²) >= 11 is 0. The minimum Gasteiger partial charge on any atom is -0.395 e. The molecule has 2 aromatic heterocycles. The number of hydrogen-bond donors (Lipinski definition) is 1. The van der Waals surface area contributed by atoms with E-state index < -0.39 is 0 Å². The van der Waals surface area contributed by atoms with Crippen molar-refractivity contribution in [1.29, 1.82) is 0 Å². The molecule has 2 rings (SSSR count). The standard InChI is InChI=1S/C13H18N4O2/c1-2-3-5-16(7-8-18)13(19)11-9-15-17-6-4-14-10-12(11)17/h4,6,9-10,18H,2-3,5,7-8H2,1H3. The Morgan fingerprint density at radius 2 is 2.26 bits per heavy atom. The molecule has 0 spiro atoms. The molecule has 0 radical (unpaired) electrons. The Morgan fingerprint density at radius 3 is 3.00 bits per heavy atom. The highest BCUT2D eigenvalue weighted by Crippen LogP contribution is 2.12. The van der Waals surface area contributed by atoms with Gasteiger partial charge in [-0.1, -0.05) is 13.3 Å². The molecule has 1 N–H and O–H groups in total. The summed E-state index contributed by atoms with van der Waals surface area (Å²) in [5, 5.41) is 13.2. The van der Waals surface area contributed by atoms with E-state index in [1.165, 1.54) is 0 Å². The van der Waals surface area contributed by atoms with Crippen LogP contribution < -0.4 is 0 Å². The van der Waals surface area contributed by atoms with Crippen LogP contribution in [0.15, 0.2) is 24.8 Å². The molecule has 0 aliphatic heterocycles. The van der Waals surface area contributed by atoms with Crippen LogP contribution in [-0.4, -0.2) is 50.2 Å². The predicted molar refractivity (Wildman–Crippen MR) is 70.9 cm³/mol. The molecule has 102 valence electrons. The van der Waals surface area contributed by atoms with Gasteiger partial charge in [-0.2, -0.15) is 5.10 Å². The maximum absolute atomic E-state index is 12.4. The summed E-state index contributed by atoms with van der Waals surface area (Å²) in [6.45, 7) is 3.03. The van der Waals surface area contributed by atoms with Gasteiger partial charge in [-0.3, -0.25) is 9.78 Å². The lowest BCUT2D eigenvalue weighted by molar-refractivity contribution is 0.0721. The van der Waals surface area contributed by atoms with Gasteiger partial charge in [0.1, 0.15) is 0 Å². The Hall–Kier alpha value is -1.95. The Morgan fingerprint density at radius 1 is 1.42 bits per heavy atom. The van der Waals surface area contributed by atoms with Crippen LogP contribution in [-0.2, 0) is 0 Å². The van der Waals surface area contributed by atoms with Gasteiger partial charge in [-0.25, -0.2) is 4.52 Å². The van der Waals surface area contributed by atoms with Crippen LogP contribution in [0.1, 0.15) is 30.1 Å². The zero-order chi connectivity index (χ0) is 13.7. The van der Waals surface area contributed by atoms with Crippen molar-refractivity contribution >= 4 is 11.4 Å². The molecule has 0 atom stereocenters. The van der Waals surface area contributed by atoms with E-state index in [0.29, 0.717) is 24.2 Å². The molecule has 0 fully saturated rings. The molecule has 6 heteroatoms. The van der Waals surface area contributed by atoms with Crippen molar-refractivity contribution in [1.82, 2.24) is 19.5 Å². The number of aliphatic hydroxyl groups is 1. The molecule has 2 heterocycles. The van der Waals surface area contributed by atoms with Gasteiger partial charge in [0, 0.05) is 25.5 Å². The van der Waals surface area contributed by atoms with Crippen molar-refractivity contribution < 1.29 is 9.90 Å². The summed E-state index contributed by atoms with van der Waals surface area (Å²) < 4.78 is 1.62. The van der Waals surface area contributed by atoms with Gasteiger partial charge in [0.2, 0.25) is 0 Å². The third-order valence-corrected chi connectivity index (χ3v) is 2.99. The van der Waals surface area contributed by atoms with Crippen LogP contribution in [0.4, 0.5) is 0 Å². The maximum atomic E-state index is 12.4. The third-order valence-electron chi connectivity index (χ3n) is 2.99. The van der Waals surface area contributed by atoms with Gasteiger partial charge in [0.25, 0.3) is 5.91 Å². The summed E-state index contributed by atoms with van der Waals surface area (Å²) in [6.07, 6.45) is 8.42. The molecule has 0 aliphatic carbocycles. The van der Waals surface area contributed by atoms with Crippen LogP contribution in [0.2, 0.25) is 0 Å². The van der Waals surface area contributed by atoms with Crippen molar-refractivity contribution in [2.75, 3.05) is 19.7 Å². The first-order chi connectivity index (χ1) is 9.27. The lowest BCUT2D eigenvalue weighted by atomic mass is 10.2. The van der Waals surface area contributed by atoms with Gasteiger partial charge in [-0.05, 0) is 6.42 Å². The van der Waals surface area contributed by atoms with E-state index >= 15 is 0 Å². The minimum absolute atomic E-state index is 0.0348. The highest BCUT2D eigenvalue weighted by molar-refractivity contribution is 6.00. The number of carbonyl (C=O) groups excluding carboxylic acids is 1. The smallest absolute Gasteiger partial charge is 0.257 e. The molecule has 2 aromatic rings. The van der Waals surface area contributed by atoms with Gasteiger partial charge in [0.15, 0.2) is 0 Å². The fourth-order valence-corrected chi connectivity index (χ4v) is 1.95. The van der Waals surface area contributed by atoms with Crippen molar-refractivity contribution in [3.8, 4) is 0 Å². The fourth-order valence-electron chi connectivity index (χ4n) is 1.95. The van der Waals surface area contributed by atoms with E-state index in [9.17, 15) is 4.79 Å². The van der Waals surface area contributed by atoms with Crippen LogP contribution in [0.5, 0.6) is 0 Å². The zero-order valence-electron chi connectivity index (χ0n) is 11.0. The quantitative estimate of drug-likeness (QED) is 0.842. The van der Waals surface area contributed by atoms with E-state index in [-0.39, 0.29) is 12.5 Å². The van der Waals surface area contributed by atoms with E-state index in [1.807, 2.05) is 0 Å². The third kappa shape index (κ3) is 2.90. The molecule has 0 saturated carbocycles. The van der Waals surface area contributed by atoms with Gasteiger partial charge in [-0.15, -0.1) is 0 Å². The lowest BCUT2D eigenvalue weighted by Crippen LogP contribution is -2.34. The SMILES string of the molecule is CCCCN(CCO)C(=O)c1cnn2ccncc12. The molecular formula is C13H18N4O2. The fraction of sp³-hybridized carbons (Fsp3) is 0.462. The second-order valence-corrected chi connectivity index (χ2v) is 4.33. The van der Waals surface area contributed by atoms with E-state index in [1.54, 1.807) is 34.2 Å². The lowest BCUT2D eigenvalue weighted by Gasteiger charge is -2.20. The highest BCUT2D eigenvalue weighted by atomic mass is 16.3. The van der Waals surface area contributed by atoms with Gasteiger partial charge < -0.3 is 10.0 Å². The molecule has 0 aliphatic rings. The van der Waals surface area contributed by atoms with Crippen LogP contribution >= 0.6 is 0 Å². The van der Waals surface area contributed by atoms with Crippen molar-refractivity contribution in [3.63, 3.8) is 0 Å². The number of unbranched alkanes of at least 4 members (excludes halogenated alkanes) is 1. The van der Waals surface area contributed by atoms with E-state index in [4.69, 9.17) is 5.11 Å². The Bertz CT molecular complexity index is 552. The first-order valence-corrected chi connectivity index (χ1v) is 6.45. The number of amides is 1. The number of hydrogen-bond acceptors (Lipinski definition) is 4. The molecule has 0 unspecified atom stereocenters. The molecular weight excluding hydrogens is 244 g/mol. The summed E-state index contributed by atoms with van der Waals surface area (Å²) in [4.78, 5) is 18.1. The summed E-state index contributed by atoms with van der Waals surface area (Å²) in [5.41, 5.74) is 1.21. The summed E-state index contributed by atoms with van der Waals surface area (Å²) in [5.74, 6) is -0.106. The Kier molecular flexibility index (Phi) is 4.46. The summed E-state index contributed by atoms with van der Waals surface area (Å²) in [6, 6.07) is 0. The normalized spacial score (nSPS) is 10.8. The van der Waals surface area contributed by atoms with Gasteiger partial charge >= 0.3 is 0 Å². The van der Waals surface area contributed by atoms with Crippen molar-refractivity contribution in [2.24, 2.45) is 0 Å². The zero-order valence-corrected chi connectivity index (χ0v) is 11.0. The van der Waals surface area contributed by atoms with Crippen LogP contribution in [0, 0.1) is 0 Å². The summed E-state index contributed by atoms with van der Waals surface area (Å²) in [7, 11) is 0. The molecule has 0 bridgehead atoms. The number of rotatable bonds is 6. The molecule has 0 aromatic carbocycles. The van der Waals surface area contributed by atoms with Gasteiger partial charge in [0.05, 0.1) is 30.1 Å². The molecule has 1 amide bonds. The maximum Gasteiger partial charge on any atom is 0.257 e. The second-order valence-electron chi connectivity index (χ2n) is 4.33. The first kappa shape index (κ1) is 13.5. The number of fused-ring (bicyclic) bond motifs is 1. The molecule has 0 saturated heterocycles. The number of aliphatic hydroxyl groups excluding tert-OH is 1. The van der Waals surface area contributed by atoms with Crippen LogP contribution in [0.25, 0.3) is 5.52 Å². The van der Waals surface area contributed by atoms with Crippen LogP contribution in [0.3, 0.4) is 0 Å². The Labute approximate surface area is 111 Å². The van der Waals surface area contributed by atoms with Crippen molar-refractivity contribution in [3.05, 3.63) is 30.4 Å². The highest BCUT2D eigenvalue weighted by Gasteiger charge is 2.19. The minimum atomic E-state index is -0.106. The average molecular weight is 262 g/mol. The first-order valence-electron chi connectivity index (χ1n) is 6.45. The Balaban J connectivity index is 2.25.